The molecule has 7 fully saturated rings. The summed E-state index contributed by atoms with van der Waals surface area (Å²) in [5, 5.41) is 8.42. The quantitative estimate of drug-likeness (QED) is 0.144. The van der Waals surface area contributed by atoms with Gasteiger partial charge in [0.15, 0.2) is 0 Å². The number of alkyl halides is 8. The van der Waals surface area contributed by atoms with E-state index in [0.717, 1.165) is 24.5 Å². The second-order valence-electron chi connectivity index (χ2n) is 32.0. The molecule has 12 amide bonds. The Morgan fingerprint density at radius 1 is 0.627 bits per heavy atom. The van der Waals surface area contributed by atoms with Crippen LogP contribution in [0.3, 0.4) is 0 Å². The maximum absolute atomic E-state index is 15.7. The van der Waals surface area contributed by atoms with E-state index in [2.05, 4.69) is 16.0 Å². The highest BCUT2D eigenvalue weighted by atomic mass is 19.4. The molecule has 4 saturated carbocycles. The van der Waals surface area contributed by atoms with Crippen molar-refractivity contribution in [3.05, 3.63) is 12.2 Å². The maximum atomic E-state index is 15.7. The number of fused-ring (bicyclic) bond motifs is 3. The van der Waals surface area contributed by atoms with Crippen molar-refractivity contribution in [3.8, 4) is 0 Å². The zero-order valence-electron chi connectivity index (χ0n) is 65.4. The van der Waals surface area contributed by atoms with Crippen molar-refractivity contribution in [1.29, 1.82) is 0 Å². The minimum absolute atomic E-state index is 0.00551. The van der Waals surface area contributed by atoms with Crippen molar-refractivity contribution in [1.82, 2.24) is 60.0 Å². The van der Waals surface area contributed by atoms with Crippen LogP contribution in [0, 0.1) is 35.5 Å². The minimum Gasteiger partial charge on any atom is -0.378 e. The highest BCUT2D eigenvalue weighted by Crippen LogP contribution is 2.46. The number of nitrogens with one attached hydrogen (secondary N) is 3. The van der Waals surface area contributed by atoms with Gasteiger partial charge < -0.3 is 69.5 Å². The summed E-state index contributed by atoms with van der Waals surface area (Å²) in [5.74, 6) is -16.7. The van der Waals surface area contributed by atoms with E-state index >= 15 is 47.1 Å². The third kappa shape index (κ3) is 21.1. The van der Waals surface area contributed by atoms with E-state index in [1.54, 1.807) is 39.8 Å². The fraction of sp³-hybridized carbons (Fsp3) is 0.816. The Morgan fingerprint density at radius 2 is 1.26 bits per heavy atom. The largest absolute Gasteiger partial charge is 0.397 e. The monoisotopic (exact) mass is 1570 g/mol. The van der Waals surface area contributed by atoms with E-state index in [9.17, 15) is 45.5 Å². The van der Waals surface area contributed by atoms with E-state index < -0.39 is 230 Å². The number of morpholine rings is 1. The average molecular weight is 1570 g/mol. The number of ether oxygens (including phenoxy) is 2. The first-order valence-corrected chi connectivity index (χ1v) is 39.5. The predicted molar refractivity (Wildman–Crippen MR) is 385 cm³/mol. The summed E-state index contributed by atoms with van der Waals surface area (Å²) >= 11 is 0. The van der Waals surface area contributed by atoms with Gasteiger partial charge in [-0.2, -0.15) is 26.3 Å². The molecule has 3 saturated heterocycles. The summed E-state index contributed by atoms with van der Waals surface area (Å²) in [6.45, 7) is 5.52. The van der Waals surface area contributed by atoms with Gasteiger partial charge >= 0.3 is 12.4 Å². The normalized spacial score (nSPS) is 32.4. The topological polar surface area (TPSA) is 289 Å². The molecular weight excluding hydrogens is 1460 g/mol. The van der Waals surface area contributed by atoms with Gasteiger partial charge in [-0.05, 0) is 140 Å². The first-order chi connectivity index (χ1) is 51.9. The second-order valence-corrected chi connectivity index (χ2v) is 32.0. The Bertz CT molecular complexity index is 3280. The molecule has 2 unspecified atom stereocenters. The van der Waals surface area contributed by atoms with Gasteiger partial charge in [-0.15, -0.1) is 0 Å². The highest BCUT2D eigenvalue weighted by Gasteiger charge is 2.56. The van der Waals surface area contributed by atoms with Crippen LogP contribution in [0.15, 0.2) is 12.2 Å². The molecule has 0 aromatic rings. The number of hydrogen-bond acceptors (Lipinski definition) is 14. The van der Waals surface area contributed by atoms with Gasteiger partial charge in [0.2, 0.25) is 70.9 Å². The summed E-state index contributed by atoms with van der Waals surface area (Å²) in [6, 6.07) is -11.4. The van der Waals surface area contributed by atoms with Crippen LogP contribution >= 0.6 is 0 Å². The molecule has 8 rings (SSSR count). The Kier molecular flexibility index (Phi) is 30.9. The van der Waals surface area contributed by atoms with Crippen molar-refractivity contribution < 1.29 is 102 Å². The van der Waals surface area contributed by atoms with Gasteiger partial charge in [0.25, 0.3) is 0 Å². The van der Waals surface area contributed by atoms with Gasteiger partial charge in [0.1, 0.15) is 72.1 Å². The van der Waals surface area contributed by atoms with Crippen molar-refractivity contribution in [2.45, 2.75) is 260 Å². The molecule has 4 aliphatic heterocycles. The first-order valence-electron chi connectivity index (χ1n) is 39.5. The van der Waals surface area contributed by atoms with Crippen LogP contribution in [0.1, 0.15) is 175 Å². The van der Waals surface area contributed by atoms with Crippen molar-refractivity contribution in [2.24, 2.45) is 35.5 Å². The van der Waals surface area contributed by atoms with Crippen molar-refractivity contribution in [3.63, 3.8) is 0 Å². The molecule has 110 heavy (non-hydrogen) atoms. The van der Waals surface area contributed by atoms with E-state index in [1.165, 1.54) is 61.9 Å². The molecule has 34 heteroatoms. The lowest BCUT2D eigenvalue weighted by Gasteiger charge is -2.47. The van der Waals surface area contributed by atoms with Crippen LogP contribution in [-0.2, 0) is 67.0 Å². The second kappa shape index (κ2) is 38.5. The van der Waals surface area contributed by atoms with Crippen molar-refractivity contribution in [2.75, 3.05) is 101 Å². The molecule has 1 spiro atoms. The first kappa shape index (κ1) is 88.3. The zero-order valence-corrected chi connectivity index (χ0v) is 65.4. The van der Waals surface area contributed by atoms with Gasteiger partial charge in [0.05, 0.1) is 44.7 Å². The summed E-state index contributed by atoms with van der Waals surface area (Å²) in [4.78, 5) is 193. The number of nitrogens with zero attached hydrogens (tertiary/aromatic N) is 9. The van der Waals surface area contributed by atoms with Crippen LogP contribution in [0.4, 0.5) is 35.1 Å². The number of amides is 12. The zero-order chi connectivity index (χ0) is 81.0. The smallest absolute Gasteiger partial charge is 0.378 e. The van der Waals surface area contributed by atoms with E-state index in [-0.39, 0.29) is 123 Å². The van der Waals surface area contributed by atoms with E-state index in [4.69, 9.17) is 9.47 Å². The molecule has 26 nitrogen and oxygen atoms in total. The lowest BCUT2D eigenvalue weighted by molar-refractivity contribution is -0.219. The molecule has 3 N–H and O–H groups in total. The maximum Gasteiger partial charge on any atom is 0.397 e. The fourth-order valence-electron chi connectivity index (χ4n) is 17.6. The lowest BCUT2D eigenvalue weighted by atomic mass is 9.74. The molecule has 620 valence electrons. The number of hydrogen-bond donors (Lipinski definition) is 3. The molecular formula is C76H116F8N12O14. The minimum atomic E-state index is -5.22. The van der Waals surface area contributed by atoms with Crippen LogP contribution in [0.25, 0.3) is 0 Å². The summed E-state index contributed by atoms with van der Waals surface area (Å²) in [6.07, 6.45) is -12.9. The van der Waals surface area contributed by atoms with Crippen LogP contribution in [0.2, 0.25) is 0 Å². The summed E-state index contributed by atoms with van der Waals surface area (Å²) < 4.78 is 127. The predicted octanol–water partition coefficient (Wildman–Crippen LogP) is 5.88. The van der Waals surface area contributed by atoms with E-state index in [1.807, 2.05) is 0 Å². The molecule has 12 atom stereocenters. The Labute approximate surface area is 639 Å². The molecule has 4 aliphatic carbocycles. The molecule has 4 heterocycles. The Hall–Kier alpha value is -7.26. The van der Waals surface area contributed by atoms with Gasteiger partial charge in [-0.3, -0.25) is 57.5 Å². The average Bonchev–Trinajstić information content (AvgIpc) is 1.16. The SMILES string of the molecule is CCC[C@H]1C(=O)N[C@@H]([C@@H](C)CC)C(=O)N(C)CC(=O)N(C)[C@H]2C/C=C\CCN(C2=O)[C@@H](CC2CCC(C(F)(F)F)CC2)C(=O)N(C)CC(=O)N[C@@H](CCC2CC(F)C(C(F)(F)F)C(F)C2)C(=O)N2C[C@H](OCC)C[C@H]2C(=O)NC2(CCC2)C(=O)N(C)[C@@H](C2CCCC2)C(=O)N(C)[C@H](C(=O)N2CCOCC2)CC(=O)N1C. The standard InChI is InChI=1S/C76H116F8N12O14/c1-11-20-54-65(100)86-63(45(4)12-2)71(106)89(6)44-61(99)91(8)55-23-15-14-18-32-95(70(55)105)58(39-46-24-27-49(28-25-46)75(79,80)81)68(103)88(5)43-59(97)85-53(29-26-47-37-51(77)62(52(78)38-47)76(82,83)84)67(102)96-42-50(110-13-3)40-56(96)66(101)87-74(30-19-31-74)73(108)93(10)64(48-21-16-17-22-48)72(107)92(9)57(41-60(98)90(54)7)69(104)94-33-35-109-36-34-94/h14-15,45-58,62-64H,11-13,16-44H2,1-10H3,(H,85,97)(H,86,100)(H,87,101)/b15-14-/t45-,46?,47?,49?,50+,51?,52?,53-,54-,55-,56-,57-,58-,62?,63-,64-/m0/s1. The highest BCUT2D eigenvalue weighted by molar-refractivity contribution is 6.01. The number of carbonyl (C=O) groups excluding carboxylic acids is 12. The van der Waals surface area contributed by atoms with Gasteiger partial charge in [-0.25, -0.2) is 8.78 Å². The summed E-state index contributed by atoms with van der Waals surface area (Å²) in [7, 11) is 8.03. The molecule has 8 aliphatic rings. The molecule has 0 radical (unpaired) electrons. The van der Waals surface area contributed by atoms with Crippen molar-refractivity contribution >= 4 is 70.9 Å². The third-order valence-corrected chi connectivity index (χ3v) is 24.7. The number of rotatable bonds is 13. The summed E-state index contributed by atoms with van der Waals surface area (Å²) in [5.41, 5.74) is -1.70. The number of carbonyl (C=O) groups is 12. The van der Waals surface area contributed by atoms with Gasteiger partial charge in [-0.1, -0.05) is 58.6 Å². The lowest BCUT2D eigenvalue weighted by Crippen LogP contribution is -2.68. The van der Waals surface area contributed by atoms with Gasteiger partial charge in [0, 0.05) is 81.5 Å². The molecule has 0 aromatic carbocycles. The Morgan fingerprint density at radius 3 is 1.85 bits per heavy atom. The van der Waals surface area contributed by atoms with Crippen LogP contribution in [0.5, 0.6) is 0 Å². The van der Waals surface area contributed by atoms with E-state index in [0.29, 0.717) is 44.9 Å². The Balaban J connectivity index is 1.20. The molecule has 0 aromatic heterocycles. The molecule has 2 bridgehead atoms. The number of likely N-dealkylation sites (N-methyl/N-ethyl adjacent to an activating group) is 6. The van der Waals surface area contributed by atoms with Crippen LogP contribution in [-0.4, -0.2) is 301 Å². The number of halogens is 8. The van der Waals surface area contributed by atoms with Crippen LogP contribution < -0.4 is 16.0 Å². The fourth-order valence-corrected chi connectivity index (χ4v) is 17.6. The third-order valence-electron chi connectivity index (χ3n) is 24.7.